The Kier molecular flexibility index (Phi) is 6.38. The number of unbranched alkanes of at least 4 members (excludes halogenated alkanes) is 3. The zero-order valence-electron chi connectivity index (χ0n) is 11.1. The highest BCUT2D eigenvalue weighted by Crippen LogP contribution is 2.10. The van der Waals surface area contributed by atoms with Gasteiger partial charge in [-0.3, -0.25) is 0 Å². The van der Waals surface area contributed by atoms with Gasteiger partial charge in [0, 0.05) is 25.0 Å². The van der Waals surface area contributed by atoms with E-state index in [0.717, 1.165) is 31.4 Å². The van der Waals surface area contributed by atoms with Crippen LogP contribution in [-0.2, 0) is 16.6 Å². The summed E-state index contributed by atoms with van der Waals surface area (Å²) in [6.45, 7) is 3.27. The van der Waals surface area contributed by atoms with Gasteiger partial charge in [-0.2, -0.15) is 0 Å². The van der Waals surface area contributed by atoms with Crippen molar-refractivity contribution in [2.45, 2.75) is 44.0 Å². The number of aromatic nitrogens is 1. The zero-order chi connectivity index (χ0) is 13.4. The summed E-state index contributed by atoms with van der Waals surface area (Å²) in [4.78, 5) is 3.25. The van der Waals surface area contributed by atoms with Gasteiger partial charge in [-0.05, 0) is 19.5 Å². The molecule has 0 spiro atoms. The SMILES string of the molecule is CCCCCCNS(=O)(=O)c1c[nH]c(CNC)c1. The van der Waals surface area contributed by atoms with Crippen molar-refractivity contribution in [1.29, 1.82) is 0 Å². The molecule has 0 unspecified atom stereocenters. The molecule has 0 saturated heterocycles. The van der Waals surface area contributed by atoms with Crippen LogP contribution in [-0.4, -0.2) is 27.0 Å². The smallest absolute Gasteiger partial charge is 0.242 e. The molecule has 0 aliphatic carbocycles. The highest BCUT2D eigenvalue weighted by molar-refractivity contribution is 7.89. The van der Waals surface area contributed by atoms with Crippen LogP contribution in [0.15, 0.2) is 17.2 Å². The minimum absolute atomic E-state index is 0.309. The Labute approximate surface area is 109 Å². The van der Waals surface area contributed by atoms with Gasteiger partial charge in [0.05, 0.1) is 4.90 Å². The lowest BCUT2D eigenvalue weighted by Gasteiger charge is -2.04. The number of aromatic amines is 1. The molecule has 3 N–H and O–H groups in total. The van der Waals surface area contributed by atoms with E-state index in [1.807, 2.05) is 7.05 Å². The minimum atomic E-state index is -3.35. The molecule has 0 aliphatic heterocycles. The Hall–Kier alpha value is -0.850. The third-order valence-electron chi connectivity index (χ3n) is 2.72. The Morgan fingerprint density at radius 3 is 2.72 bits per heavy atom. The predicted molar refractivity (Wildman–Crippen MR) is 72.9 cm³/mol. The Balaban J connectivity index is 2.46. The van der Waals surface area contributed by atoms with E-state index in [1.165, 1.54) is 6.20 Å². The van der Waals surface area contributed by atoms with Crippen LogP contribution in [0.25, 0.3) is 0 Å². The number of hydrogen-bond acceptors (Lipinski definition) is 3. The molecule has 1 rings (SSSR count). The van der Waals surface area contributed by atoms with Crippen molar-refractivity contribution in [2.24, 2.45) is 0 Å². The molecular weight excluding hydrogens is 250 g/mol. The van der Waals surface area contributed by atoms with Crippen LogP contribution in [0, 0.1) is 0 Å². The Morgan fingerprint density at radius 2 is 2.06 bits per heavy atom. The van der Waals surface area contributed by atoms with Crippen LogP contribution < -0.4 is 10.0 Å². The molecule has 1 aromatic heterocycles. The Morgan fingerprint density at radius 1 is 1.28 bits per heavy atom. The van der Waals surface area contributed by atoms with Crippen molar-refractivity contribution in [3.63, 3.8) is 0 Å². The van der Waals surface area contributed by atoms with Crippen molar-refractivity contribution in [3.05, 3.63) is 18.0 Å². The number of rotatable bonds is 9. The summed E-state index contributed by atoms with van der Waals surface area (Å²) in [6, 6.07) is 1.66. The molecule has 0 saturated carbocycles. The first-order valence-electron chi connectivity index (χ1n) is 6.41. The van der Waals surface area contributed by atoms with Crippen LogP contribution in [0.4, 0.5) is 0 Å². The molecule has 1 heterocycles. The van der Waals surface area contributed by atoms with Gasteiger partial charge in [-0.15, -0.1) is 0 Å². The van der Waals surface area contributed by atoms with Gasteiger partial charge in [0.15, 0.2) is 0 Å². The lowest BCUT2D eigenvalue weighted by molar-refractivity contribution is 0.574. The van der Waals surface area contributed by atoms with Crippen LogP contribution in [0.5, 0.6) is 0 Å². The molecule has 0 aromatic carbocycles. The van der Waals surface area contributed by atoms with E-state index in [2.05, 4.69) is 21.9 Å². The second-order valence-corrected chi connectivity index (χ2v) is 6.12. The highest BCUT2D eigenvalue weighted by atomic mass is 32.2. The normalized spacial score (nSPS) is 11.9. The fraction of sp³-hybridized carbons (Fsp3) is 0.667. The third-order valence-corrected chi connectivity index (χ3v) is 4.16. The van der Waals surface area contributed by atoms with Gasteiger partial charge >= 0.3 is 0 Å². The molecule has 0 amide bonds. The summed E-state index contributed by atoms with van der Waals surface area (Å²) < 4.78 is 26.5. The fourth-order valence-corrected chi connectivity index (χ4v) is 2.80. The standard InChI is InChI=1S/C12H23N3O2S/c1-3-4-5-6-7-15-18(16,17)12-8-11(9-13-2)14-10-12/h8,10,13-15H,3-7,9H2,1-2H3. The highest BCUT2D eigenvalue weighted by Gasteiger charge is 2.14. The van der Waals surface area contributed by atoms with Gasteiger partial charge < -0.3 is 10.3 Å². The van der Waals surface area contributed by atoms with Crippen LogP contribution in [0.3, 0.4) is 0 Å². The Bertz CT molecular complexity index is 440. The molecule has 6 heteroatoms. The average Bonchev–Trinajstić information content (AvgIpc) is 2.79. The van der Waals surface area contributed by atoms with E-state index in [1.54, 1.807) is 6.07 Å². The monoisotopic (exact) mass is 273 g/mol. The first-order valence-corrected chi connectivity index (χ1v) is 7.90. The van der Waals surface area contributed by atoms with Crippen molar-refractivity contribution >= 4 is 10.0 Å². The molecule has 18 heavy (non-hydrogen) atoms. The first kappa shape index (κ1) is 15.2. The van der Waals surface area contributed by atoms with E-state index >= 15 is 0 Å². The molecule has 0 radical (unpaired) electrons. The summed E-state index contributed by atoms with van der Waals surface area (Å²) in [6.07, 6.45) is 5.79. The molecule has 0 atom stereocenters. The molecule has 0 aliphatic rings. The lowest BCUT2D eigenvalue weighted by atomic mass is 10.2. The summed E-state index contributed by atoms with van der Waals surface area (Å²) in [5, 5.41) is 2.97. The first-order chi connectivity index (χ1) is 8.60. The molecule has 104 valence electrons. The van der Waals surface area contributed by atoms with E-state index < -0.39 is 10.0 Å². The van der Waals surface area contributed by atoms with Gasteiger partial charge in [0.2, 0.25) is 10.0 Å². The maximum Gasteiger partial charge on any atom is 0.242 e. The van der Waals surface area contributed by atoms with Crippen molar-refractivity contribution < 1.29 is 8.42 Å². The second kappa shape index (κ2) is 7.56. The molecule has 1 aromatic rings. The van der Waals surface area contributed by atoms with E-state index in [0.29, 0.717) is 18.0 Å². The second-order valence-electron chi connectivity index (χ2n) is 4.35. The van der Waals surface area contributed by atoms with Gasteiger partial charge in [-0.1, -0.05) is 26.2 Å². The van der Waals surface area contributed by atoms with Crippen LogP contribution >= 0.6 is 0 Å². The van der Waals surface area contributed by atoms with Gasteiger partial charge in [-0.25, -0.2) is 13.1 Å². The van der Waals surface area contributed by atoms with Crippen LogP contribution in [0.1, 0.15) is 38.3 Å². The zero-order valence-corrected chi connectivity index (χ0v) is 11.9. The van der Waals surface area contributed by atoms with Crippen molar-refractivity contribution in [1.82, 2.24) is 15.0 Å². The largest absolute Gasteiger partial charge is 0.363 e. The predicted octanol–water partition coefficient (Wildman–Crippen LogP) is 1.59. The van der Waals surface area contributed by atoms with Gasteiger partial charge in [0.1, 0.15) is 0 Å². The summed E-state index contributed by atoms with van der Waals surface area (Å²) >= 11 is 0. The summed E-state index contributed by atoms with van der Waals surface area (Å²) in [5.41, 5.74) is 0.865. The molecule has 5 nitrogen and oxygen atoms in total. The average molecular weight is 273 g/mol. The van der Waals surface area contributed by atoms with Crippen molar-refractivity contribution in [3.8, 4) is 0 Å². The number of hydrogen-bond donors (Lipinski definition) is 3. The van der Waals surface area contributed by atoms with E-state index in [4.69, 9.17) is 0 Å². The number of nitrogens with one attached hydrogen (secondary N) is 3. The van der Waals surface area contributed by atoms with E-state index in [9.17, 15) is 8.42 Å². The van der Waals surface area contributed by atoms with E-state index in [-0.39, 0.29) is 0 Å². The topological polar surface area (TPSA) is 74.0 Å². The minimum Gasteiger partial charge on any atom is -0.363 e. The van der Waals surface area contributed by atoms with Gasteiger partial charge in [0.25, 0.3) is 0 Å². The van der Waals surface area contributed by atoms with Crippen molar-refractivity contribution in [2.75, 3.05) is 13.6 Å². The molecule has 0 fully saturated rings. The summed E-state index contributed by atoms with van der Waals surface area (Å²) in [5.74, 6) is 0. The van der Waals surface area contributed by atoms with Crippen LogP contribution in [0.2, 0.25) is 0 Å². The maximum absolute atomic E-state index is 11.9. The third kappa shape index (κ3) is 4.80. The molecule has 0 bridgehead atoms. The fourth-order valence-electron chi connectivity index (χ4n) is 1.71. The lowest BCUT2D eigenvalue weighted by Crippen LogP contribution is -2.24. The number of sulfonamides is 1. The molecular formula is C12H23N3O2S. The summed E-state index contributed by atoms with van der Waals surface area (Å²) in [7, 11) is -1.53. The quantitative estimate of drug-likeness (QED) is 0.598. The maximum atomic E-state index is 11.9. The number of H-pyrrole nitrogens is 1.